The summed E-state index contributed by atoms with van der Waals surface area (Å²) in [6.07, 6.45) is 0. The van der Waals surface area contributed by atoms with Gasteiger partial charge < -0.3 is 10.4 Å². The first-order valence-electron chi connectivity index (χ1n) is 5.75. The monoisotopic (exact) mass is 354 g/mol. The van der Waals surface area contributed by atoms with Gasteiger partial charge in [-0.3, -0.25) is 9.36 Å². The molecule has 0 spiro atoms. The second kappa shape index (κ2) is 5.52. The Kier molecular flexibility index (Phi) is 3.94. The predicted molar refractivity (Wildman–Crippen MR) is 79.1 cm³/mol. The van der Waals surface area contributed by atoms with Crippen molar-refractivity contribution < 1.29 is 9.90 Å². The van der Waals surface area contributed by atoms with Crippen molar-refractivity contribution in [2.45, 2.75) is 0 Å². The third-order valence-corrected chi connectivity index (χ3v) is 3.47. The number of carboxylic acids is 1. The van der Waals surface area contributed by atoms with Crippen LogP contribution in [0.3, 0.4) is 0 Å². The number of rotatable bonds is 3. The van der Waals surface area contributed by atoms with E-state index in [1.54, 1.807) is 6.07 Å². The molecule has 8 nitrogen and oxygen atoms in total. The Morgan fingerprint density at radius 1 is 1.33 bits per heavy atom. The fourth-order valence-electron chi connectivity index (χ4n) is 1.68. The lowest BCUT2D eigenvalue weighted by molar-refractivity contribution is 0.0696. The smallest absolute Gasteiger partial charge is 0.346 e. The van der Waals surface area contributed by atoms with Crippen LogP contribution in [0.4, 0.5) is 11.5 Å². The molecule has 1 aromatic heterocycles. The lowest BCUT2D eigenvalue weighted by Crippen LogP contribution is -2.39. The van der Waals surface area contributed by atoms with Crippen LogP contribution in [0, 0.1) is 0 Å². The number of aryl methyl sites for hydroxylation is 1. The van der Waals surface area contributed by atoms with Gasteiger partial charge in [-0.2, -0.15) is 0 Å². The minimum absolute atomic E-state index is 0.0432. The first-order valence-corrected chi connectivity index (χ1v) is 6.54. The number of hydrogen-bond donors (Lipinski definition) is 2. The van der Waals surface area contributed by atoms with E-state index >= 15 is 0 Å². The Balaban J connectivity index is 2.49. The molecule has 21 heavy (non-hydrogen) atoms. The average molecular weight is 355 g/mol. The summed E-state index contributed by atoms with van der Waals surface area (Å²) < 4.78 is 2.34. The van der Waals surface area contributed by atoms with E-state index in [2.05, 4.69) is 26.3 Å². The summed E-state index contributed by atoms with van der Waals surface area (Å²) in [4.78, 5) is 34.5. The highest BCUT2D eigenvalue weighted by molar-refractivity contribution is 9.10. The molecule has 2 aromatic rings. The standard InChI is InChI=1S/C12H11BrN4O4/c1-16-10(18)9(15-17(2)12(16)21)14-6-3-4-8(13)7(5-6)11(19)20/h3-5H,1-2H3,(H,14,15)(H,19,20). The molecule has 2 rings (SSSR count). The molecule has 0 bridgehead atoms. The van der Waals surface area contributed by atoms with Gasteiger partial charge in [-0.1, -0.05) is 0 Å². The average Bonchev–Trinajstić information content (AvgIpc) is 2.44. The van der Waals surface area contributed by atoms with E-state index in [9.17, 15) is 14.4 Å². The summed E-state index contributed by atoms with van der Waals surface area (Å²) in [7, 11) is 2.75. The molecule has 0 atom stereocenters. The summed E-state index contributed by atoms with van der Waals surface area (Å²) in [5.74, 6) is -1.18. The maximum atomic E-state index is 11.9. The zero-order chi connectivity index (χ0) is 15.7. The van der Waals surface area contributed by atoms with Crippen molar-refractivity contribution in [2.24, 2.45) is 14.1 Å². The molecule has 0 aliphatic rings. The van der Waals surface area contributed by atoms with Gasteiger partial charge in [0.15, 0.2) is 0 Å². The number of nitrogens with zero attached hydrogens (tertiary/aromatic N) is 3. The first-order chi connectivity index (χ1) is 9.81. The molecule has 0 saturated carbocycles. The number of hydrogen-bond acceptors (Lipinski definition) is 5. The molecule has 0 radical (unpaired) electrons. The fourth-order valence-corrected chi connectivity index (χ4v) is 2.10. The van der Waals surface area contributed by atoms with Crippen molar-refractivity contribution in [2.75, 3.05) is 5.32 Å². The van der Waals surface area contributed by atoms with E-state index in [0.29, 0.717) is 10.2 Å². The number of carbonyl (C=O) groups is 1. The largest absolute Gasteiger partial charge is 0.478 e. The van der Waals surface area contributed by atoms with Gasteiger partial charge >= 0.3 is 11.7 Å². The van der Waals surface area contributed by atoms with Crippen LogP contribution in [0.2, 0.25) is 0 Å². The number of aromatic nitrogens is 3. The van der Waals surface area contributed by atoms with Gasteiger partial charge in [-0.05, 0) is 34.1 Å². The van der Waals surface area contributed by atoms with E-state index < -0.39 is 17.2 Å². The van der Waals surface area contributed by atoms with Gasteiger partial charge in [0.05, 0.1) is 5.56 Å². The molecule has 1 aromatic carbocycles. The first kappa shape index (κ1) is 15.0. The molecule has 0 unspecified atom stereocenters. The molecule has 0 saturated heterocycles. The van der Waals surface area contributed by atoms with Gasteiger partial charge in [0.25, 0.3) is 5.56 Å². The molecule has 2 N–H and O–H groups in total. The third-order valence-electron chi connectivity index (χ3n) is 2.78. The number of anilines is 2. The quantitative estimate of drug-likeness (QED) is 0.839. The minimum atomic E-state index is -1.10. The van der Waals surface area contributed by atoms with Crippen LogP contribution in [0.25, 0.3) is 0 Å². The molecule has 0 aliphatic heterocycles. The number of benzene rings is 1. The number of halogens is 1. The molecule has 9 heteroatoms. The van der Waals surface area contributed by atoms with Crippen molar-refractivity contribution >= 4 is 33.4 Å². The Bertz CT molecular complexity index is 840. The normalized spacial score (nSPS) is 10.4. The van der Waals surface area contributed by atoms with Gasteiger partial charge in [0.1, 0.15) is 0 Å². The van der Waals surface area contributed by atoms with Crippen LogP contribution < -0.4 is 16.6 Å². The predicted octanol–water partition coefficient (Wildman–Crippen LogP) is 0.683. The highest BCUT2D eigenvalue weighted by atomic mass is 79.9. The maximum absolute atomic E-state index is 11.9. The second-order valence-corrected chi connectivity index (χ2v) is 5.10. The van der Waals surface area contributed by atoms with Gasteiger partial charge in [-0.15, -0.1) is 5.10 Å². The Hall–Kier alpha value is -2.42. The summed E-state index contributed by atoms with van der Waals surface area (Å²) in [5, 5.41) is 15.6. The summed E-state index contributed by atoms with van der Waals surface area (Å²) in [5.41, 5.74) is -0.731. The van der Waals surface area contributed by atoms with E-state index in [0.717, 1.165) is 9.25 Å². The van der Waals surface area contributed by atoms with Crippen molar-refractivity contribution in [1.82, 2.24) is 14.3 Å². The zero-order valence-electron chi connectivity index (χ0n) is 11.1. The number of carboxylic acid groups (broad SMARTS) is 1. The van der Waals surface area contributed by atoms with Crippen LogP contribution in [0.15, 0.2) is 32.3 Å². The highest BCUT2D eigenvalue weighted by Crippen LogP contribution is 2.22. The molecular weight excluding hydrogens is 344 g/mol. The van der Waals surface area contributed by atoms with Gasteiger partial charge in [-0.25, -0.2) is 14.3 Å². The van der Waals surface area contributed by atoms with Crippen LogP contribution in [0.1, 0.15) is 10.4 Å². The molecule has 110 valence electrons. The van der Waals surface area contributed by atoms with E-state index in [4.69, 9.17) is 5.11 Å². The van der Waals surface area contributed by atoms with E-state index in [1.807, 2.05) is 0 Å². The van der Waals surface area contributed by atoms with E-state index in [-0.39, 0.29) is 11.4 Å². The maximum Gasteiger partial charge on any atom is 0.346 e. The van der Waals surface area contributed by atoms with Crippen LogP contribution in [-0.4, -0.2) is 25.4 Å². The van der Waals surface area contributed by atoms with Crippen LogP contribution >= 0.6 is 15.9 Å². The van der Waals surface area contributed by atoms with Crippen LogP contribution in [0.5, 0.6) is 0 Å². The van der Waals surface area contributed by atoms with Crippen molar-refractivity contribution in [3.05, 3.63) is 49.1 Å². The van der Waals surface area contributed by atoms with Crippen molar-refractivity contribution in [3.8, 4) is 0 Å². The van der Waals surface area contributed by atoms with Crippen molar-refractivity contribution in [3.63, 3.8) is 0 Å². The lowest BCUT2D eigenvalue weighted by atomic mass is 10.2. The SMILES string of the molecule is Cn1nc(Nc2ccc(Br)c(C(=O)O)c2)c(=O)n(C)c1=O. The Morgan fingerprint density at radius 3 is 2.62 bits per heavy atom. The summed E-state index contributed by atoms with van der Waals surface area (Å²) in [6, 6.07) is 4.49. The fraction of sp³-hybridized carbons (Fsp3) is 0.167. The Labute approximate surface area is 126 Å². The Morgan fingerprint density at radius 2 is 2.00 bits per heavy atom. The lowest BCUT2D eigenvalue weighted by Gasteiger charge is -2.09. The molecular formula is C12H11BrN4O4. The topological polar surface area (TPSA) is 106 Å². The number of aromatic carboxylic acids is 1. The zero-order valence-corrected chi connectivity index (χ0v) is 12.7. The highest BCUT2D eigenvalue weighted by Gasteiger charge is 2.12. The van der Waals surface area contributed by atoms with Gasteiger partial charge in [0, 0.05) is 24.3 Å². The number of nitrogens with one attached hydrogen (secondary N) is 1. The van der Waals surface area contributed by atoms with Gasteiger partial charge in [0.2, 0.25) is 5.82 Å². The minimum Gasteiger partial charge on any atom is -0.478 e. The molecule has 0 amide bonds. The van der Waals surface area contributed by atoms with Crippen LogP contribution in [-0.2, 0) is 14.1 Å². The van der Waals surface area contributed by atoms with E-state index in [1.165, 1.54) is 26.2 Å². The summed E-state index contributed by atoms with van der Waals surface area (Å²) in [6.45, 7) is 0. The molecule has 1 heterocycles. The molecule has 0 fully saturated rings. The third kappa shape index (κ3) is 2.87. The summed E-state index contributed by atoms with van der Waals surface area (Å²) >= 11 is 3.13. The van der Waals surface area contributed by atoms with Crippen molar-refractivity contribution in [1.29, 1.82) is 0 Å². The molecule has 0 aliphatic carbocycles. The second-order valence-electron chi connectivity index (χ2n) is 4.24.